The van der Waals surface area contributed by atoms with Crippen LogP contribution in [0.15, 0.2) is 36.5 Å². The van der Waals surface area contributed by atoms with Crippen molar-refractivity contribution < 1.29 is 32.3 Å². The van der Waals surface area contributed by atoms with E-state index in [9.17, 15) is 37.6 Å². The molecule has 1 saturated carbocycles. The van der Waals surface area contributed by atoms with Crippen LogP contribution in [0.25, 0.3) is 0 Å². The Bertz CT molecular complexity index is 1910. The van der Waals surface area contributed by atoms with Gasteiger partial charge in [0, 0.05) is 43.8 Å². The molecule has 4 fully saturated rings. The van der Waals surface area contributed by atoms with Gasteiger partial charge in [0.25, 0.3) is 5.91 Å². The Morgan fingerprint density at radius 3 is 2.33 bits per heavy atom. The molecule has 3 saturated heterocycles. The molecule has 0 bridgehead atoms. The van der Waals surface area contributed by atoms with E-state index in [4.69, 9.17) is 12.2 Å². The lowest BCUT2D eigenvalue weighted by Gasteiger charge is -2.44. The molecule has 314 valence electrons. The number of pyridine rings is 1. The van der Waals surface area contributed by atoms with E-state index in [0.717, 1.165) is 76.7 Å². The summed E-state index contributed by atoms with van der Waals surface area (Å²) in [5.74, 6) is -0.581. The molecule has 6 rings (SSSR count). The van der Waals surface area contributed by atoms with Crippen molar-refractivity contribution in [1.82, 2.24) is 25.0 Å². The molecular formula is C41H52ClF3N8O4S. The number of hydrogen-bond acceptors (Lipinski definition) is 9. The second kappa shape index (κ2) is 18.4. The number of nitriles is 1. The number of carbonyl (C=O) groups excluding carboxylic acids is 4. The molecule has 4 aliphatic rings. The number of imide groups is 1. The highest BCUT2D eigenvalue weighted by Crippen LogP contribution is 2.41. The number of piperidine rings is 1. The second-order valence-corrected chi connectivity index (χ2v) is 16.9. The van der Waals surface area contributed by atoms with Crippen LogP contribution >= 0.6 is 24.6 Å². The molecule has 1 aliphatic carbocycles. The maximum absolute atomic E-state index is 13.7. The Hall–Kier alpha value is -4.17. The number of hydrogen-bond donors (Lipinski definition) is 2. The Morgan fingerprint density at radius 1 is 1.03 bits per heavy atom. The van der Waals surface area contributed by atoms with Crippen LogP contribution in [0.4, 0.5) is 24.7 Å². The SMILES string of the molecule is C[C@@H]1CN(CCCCC2CCC(N3C(=S)N(c4ccc(C#N)c(C(F)(F)F)c4)C(=O)C3(C)C)CC2)C[C@H](C)N1CC(=O)Nc1ccc(C2CCC(=O)NC2=O)cn1.Cl. The minimum Gasteiger partial charge on any atom is -0.331 e. The predicted octanol–water partition coefficient (Wildman–Crippen LogP) is 6.39. The first-order chi connectivity index (χ1) is 27.0. The van der Waals surface area contributed by atoms with Crippen molar-refractivity contribution in [3.63, 3.8) is 0 Å². The molecule has 1 unspecified atom stereocenters. The Labute approximate surface area is 349 Å². The number of alkyl halides is 3. The number of nitrogens with zero attached hydrogens (tertiary/aromatic N) is 6. The molecule has 58 heavy (non-hydrogen) atoms. The van der Waals surface area contributed by atoms with E-state index in [1.165, 1.54) is 11.0 Å². The number of carbonyl (C=O) groups is 4. The zero-order valence-electron chi connectivity index (χ0n) is 33.3. The van der Waals surface area contributed by atoms with Crippen molar-refractivity contribution in [3.05, 3.63) is 53.2 Å². The molecule has 0 radical (unpaired) electrons. The van der Waals surface area contributed by atoms with Crippen LogP contribution < -0.4 is 15.5 Å². The molecule has 2 aromatic rings. The van der Waals surface area contributed by atoms with Gasteiger partial charge in [-0.05, 0) is 121 Å². The smallest absolute Gasteiger partial charge is 0.331 e. The van der Waals surface area contributed by atoms with Crippen molar-refractivity contribution >= 4 is 64.9 Å². The molecule has 3 aliphatic heterocycles. The summed E-state index contributed by atoms with van der Waals surface area (Å²) in [7, 11) is 0. The standard InChI is InChI=1S/C41H51F3N8O4S.ClH/c1-25-22-49(23-26(2)50(25)24-36(54)47-34-16-11-29(21-46-34)32-15-17-35(53)48-37(32)55)18-6-5-7-27-8-12-30(13-9-27)52-39(57)51(38(56)40(52,3)4)31-14-10-28(20-45)33(19-31)41(42,43)44;/h10-11,14,16,19,21,25-27,30,32H,5-9,12-13,15,17-18,22-24H2,1-4H3,(H,46,47,54)(H,48,53,55);1H/t25-,26+,27?,30?,32?;. The van der Waals surface area contributed by atoms with Gasteiger partial charge < -0.3 is 15.1 Å². The fraction of sp³-hybridized carbons (Fsp3) is 0.585. The quantitative estimate of drug-likeness (QED) is 0.149. The van der Waals surface area contributed by atoms with Crippen LogP contribution in [-0.4, -0.2) is 98.3 Å². The highest BCUT2D eigenvalue weighted by Gasteiger charge is 2.52. The fourth-order valence-electron chi connectivity index (χ4n) is 9.12. The van der Waals surface area contributed by atoms with Crippen LogP contribution in [0.3, 0.4) is 0 Å². The van der Waals surface area contributed by atoms with Crippen molar-refractivity contribution in [2.24, 2.45) is 5.92 Å². The van der Waals surface area contributed by atoms with E-state index in [1.807, 2.05) is 4.90 Å². The van der Waals surface area contributed by atoms with E-state index >= 15 is 0 Å². The normalized spacial score (nSPS) is 25.6. The summed E-state index contributed by atoms with van der Waals surface area (Å²) in [5.41, 5.74) is -1.89. The molecule has 4 amide bonds. The number of unbranched alkanes of at least 4 members (excludes halogenated alkanes) is 1. The molecule has 12 nitrogen and oxygen atoms in total. The molecule has 3 atom stereocenters. The zero-order chi connectivity index (χ0) is 41.2. The van der Waals surface area contributed by atoms with Crippen molar-refractivity contribution in [1.29, 1.82) is 5.26 Å². The third-order valence-electron chi connectivity index (χ3n) is 12.1. The zero-order valence-corrected chi connectivity index (χ0v) is 34.9. The van der Waals surface area contributed by atoms with Gasteiger partial charge in [0.1, 0.15) is 11.4 Å². The van der Waals surface area contributed by atoms with E-state index in [2.05, 4.69) is 39.3 Å². The lowest BCUT2D eigenvalue weighted by Crippen LogP contribution is -2.58. The lowest BCUT2D eigenvalue weighted by molar-refractivity contribution is -0.138. The minimum absolute atomic E-state index is 0. The van der Waals surface area contributed by atoms with Gasteiger partial charge in [-0.15, -0.1) is 12.4 Å². The third-order valence-corrected chi connectivity index (χ3v) is 12.5. The maximum atomic E-state index is 13.7. The molecule has 1 aromatic carbocycles. The van der Waals surface area contributed by atoms with Gasteiger partial charge in [-0.3, -0.25) is 34.3 Å². The number of thiocarbonyl (C=S) groups is 1. The second-order valence-electron chi connectivity index (χ2n) is 16.5. The number of halogens is 4. The molecular weight excluding hydrogens is 793 g/mol. The molecule has 4 heterocycles. The minimum atomic E-state index is -4.75. The first-order valence-electron chi connectivity index (χ1n) is 19.8. The predicted molar refractivity (Wildman–Crippen MR) is 219 cm³/mol. The lowest BCUT2D eigenvalue weighted by atomic mass is 9.81. The summed E-state index contributed by atoms with van der Waals surface area (Å²) in [4.78, 5) is 62.4. The monoisotopic (exact) mass is 844 g/mol. The van der Waals surface area contributed by atoms with Crippen LogP contribution in [0.1, 0.15) is 108 Å². The number of benzene rings is 1. The van der Waals surface area contributed by atoms with E-state index in [1.54, 1.807) is 38.2 Å². The van der Waals surface area contributed by atoms with Crippen LogP contribution in [0.2, 0.25) is 0 Å². The van der Waals surface area contributed by atoms with Crippen LogP contribution in [-0.2, 0) is 25.4 Å². The summed E-state index contributed by atoms with van der Waals surface area (Å²) in [6, 6.07) is 8.70. The van der Waals surface area contributed by atoms with Gasteiger partial charge in [-0.1, -0.05) is 18.9 Å². The number of anilines is 2. The van der Waals surface area contributed by atoms with E-state index in [-0.39, 0.29) is 77.9 Å². The number of amides is 4. The average molecular weight is 845 g/mol. The molecule has 2 N–H and O–H groups in total. The van der Waals surface area contributed by atoms with Gasteiger partial charge in [0.15, 0.2) is 5.11 Å². The molecule has 1 aromatic heterocycles. The summed E-state index contributed by atoms with van der Waals surface area (Å²) in [6.07, 6.45) is 4.46. The number of piperazine rings is 1. The van der Waals surface area contributed by atoms with Gasteiger partial charge in [-0.2, -0.15) is 18.4 Å². The summed E-state index contributed by atoms with van der Waals surface area (Å²) in [5, 5.41) is 14.7. The summed E-state index contributed by atoms with van der Waals surface area (Å²) >= 11 is 5.76. The first kappa shape index (κ1) is 44.9. The largest absolute Gasteiger partial charge is 0.417 e. The summed E-state index contributed by atoms with van der Waals surface area (Å²) in [6.45, 7) is 10.8. The molecule has 17 heteroatoms. The fourth-order valence-corrected chi connectivity index (χ4v) is 9.69. The van der Waals surface area contributed by atoms with Crippen LogP contribution in [0, 0.1) is 17.2 Å². The van der Waals surface area contributed by atoms with Gasteiger partial charge in [0.2, 0.25) is 17.7 Å². The van der Waals surface area contributed by atoms with Crippen molar-refractivity contribution in [3.8, 4) is 6.07 Å². The van der Waals surface area contributed by atoms with E-state index < -0.39 is 28.8 Å². The Balaban J connectivity index is 0.00000641. The van der Waals surface area contributed by atoms with Gasteiger partial charge >= 0.3 is 6.18 Å². The molecule has 0 spiro atoms. The highest BCUT2D eigenvalue weighted by atomic mass is 35.5. The topological polar surface area (TPSA) is 142 Å². The van der Waals surface area contributed by atoms with E-state index in [0.29, 0.717) is 23.7 Å². The average Bonchev–Trinajstić information content (AvgIpc) is 3.33. The van der Waals surface area contributed by atoms with Gasteiger partial charge in [-0.25, -0.2) is 4.98 Å². The highest BCUT2D eigenvalue weighted by molar-refractivity contribution is 7.80. The summed E-state index contributed by atoms with van der Waals surface area (Å²) < 4.78 is 41.2. The van der Waals surface area contributed by atoms with Gasteiger partial charge in [0.05, 0.1) is 35.3 Å². The van der Waals surface area contributed by atoms with Crippen LogP contribution in [0.5, 0.6) is 0 Å². The Kier molecular flexibility index (Phi) is 14.2. The number of rotatable bonds is 11. The number of nitrogens with one attached hydrogen (secondary N) is 2. The third kappa shape index (κ3) is 9.81. The van der Waals surface area contributed by atoms with Crippen molar-refractivity contribution in [2.45, 2.75) is 121 Å². The van der Waals surface area contributed by atoms with Crippen molar-refractivity contribution in [2.75, 3.05) is 36.4 Å². The first-order valence-corrected chi connectivity index (χ1v) is 20.3. The number of aromatic nitrogens is 1. The maximum Gasteiger partial charge on any atom is 0.417 e. The Morgan fingerprint density at radius 2 is 1.72 bits per heavy atom.